The van der Waals surface area contributed by atoms with E-state index in [4.69, 9.17) is 16.3 Å². The SMILES string of the molecule is CC1Cc2[nH]c3c(c2C(=O)N1)CCc1cnc(Oc2nc(Cl)ncc2COC(F)F)c(F)c1-3. The monoisotopic (exact) mass is 479 g/mol. The summed E-state index contributed by atoms with van der Waals surface area (Å²) in [5, 5.41) is 2.69. The predicted octanol–water partition coefficient (Wildman–Crippen LogP) is 3.96. The maximum absolute atomic E-state index is 15.7. The van der Waals surface area contributed by atoms with E-state index in [1.165, 1.54) is 6.20 Å². The highest BCUT2D eigenvalue weighted by Gasteiger charge is 2.34. The number of fused-ring (bicyclic) bond motifs is 5. The van der Waals surface area contributed by atoms with E-state index >= 15 is 4.39 Å². The van der Waals surface area contributed by atoms with Gasteiger partial charge in [-0.2, -0.15) is 13.8 Å². The lowest BCUT2D eigenvalue weighted by Gasteiger charge is -2.21. The number of rotatable bonds is 5. The largest absolute Gasteiger partial charge is 0.417 e. The number of carbonyl (C=O) groups is 1. The fourth-order valence-electron chi connectivity index (χ4n) is 4.24. The topological polar surface area (TPSA) is 102 Å². The predicted molar refractivity (Wildman–Crippen MR) is 110 cm³/mol. The summed E-state index contributed by atoms with van der Waals surface area (Å²) >= 11 is 5.80. The quantitative estimate of drug-likeness (QED) is 0.537. The minimum Gasteiger partial charge on any atom is -0.417 e. The van der Waals surface area contributed by atoms with Crippen molar-refractivity contribution in [2.45, 2.75) is 45.4 Å². The van der Waals surface area contributed by atoms with Gasteiger partial charge >= 0.3 is 6.61 Å². The van der Waals surface area contributed by atoms with Crippen molar-refractivity contribution < 1.29 is 27.4 Å². The molecule has 0 bridgehead atoms. The van der Waals surface area contributed by atoms with Crippen LogP contribution < -0.4 is 10.1 Å². The third-order valence-corrected chi connectivity index (χ3v) is 5.79. The molecule has 1 aliphatic heterocycles. The van der Waals surface area contributed by atoms with Crippen LogP contribution in [0.4, 0.5) is 13.2 Å². The number of hydrogen-bond donors (Lipinski definition) is 2. The van der Waals surface area contributed by atoms with E-state index in [2.05, 4.69) is 30.0 Å². The minimum absolute atomic E-state index is 0.0397. The molecule has 1 unspecified atom stereocenters. The average Bonchev–Trinajstić information content (AvgIpc) is 3.13. The maximum Gasteiger partial charge on any atom is 0.345 e. The van der Waals surface area contributed by atoms with Crippen LogP contribution in [0.1, 0.15) is 39.7 Å². The smallest absolute Gasteiger partial charge is 0.345 e. The number of nitrogens with zero attached hydrogens (tertiary/aromatic N) is 3. The second-order valence-electron chi connectivity index (χ2n) is 7.83. The Morgan fingerprint density at radius 2 is 2.03 bits per heavy atom. The number of aromatic nitrogens is 4. The van der Waals surface area contributed by atoms with Crippen molar-refractivity contribution in [2.75, 3.05) is 0 Å². The molecule has 1 aliphatic carbocycles. The van der Waals surface area contributed by atoms with Gasteiger partial charge in [0.2, 0.25) is 11.2 Å². The third-order valence-electron chi connectivity index (χ3n) is 5.61. The van der Waals surface area contributed by atoms with E-state index in [0.29, 0.717) is 36.1 Å². The number of aryl methyl sites for hydroxylation is 1. The highest BCUT2D eigenvalue weighted by atomic mass is 35.5. The molecule has 12 heteroatoms. The molecule has 2 aliphatic rings. The van der Waals surface area contributed by atoms with Crippen LogP contribution in [0.25, 0.3) is 11.3 Å². The first-order chi connectivity index (χ1) is 15.8. The van der Waals surface area contributed by atoms with Crippen LogP contribution in [0.3, 0.4) is 0 Å². The highest BCUT2D eigenvalue weighted by Crippen LogP contribution is 2.41. The Hall–Kier alpha value is -3.18. The summed E-state index contributed by atoms with van der Waals surface area (Å²) < 4.78 is 50.4. The molecule has 0 fully saturated rings. The molecule has 0 saturated heterocycles. The number of pyridine rings is 1. The number of halogens is 4. The molecule has 0 aromatic carbocycles. The maximum atomic E-state index is 15.7. The van der Waals surface area contributed by atoms with Gasteiger partial charge in [-0.3, -0.25) is 4.79 Å². The Morgan fingerprint density at radius 3 is 2.82 bits per heavy atom. The Labute approximate surface area is 190 Å². The summed E-state index contributed by atoms with van der Waals surface area (Å²) in [6, 6.07) is -0.0397. The Balaban J connectivity index is 1.55. The van der Waals surface area contributed by atoms with Crippen molar-refractivity contribution in [3.8, 4) is 23.0 Å². The number of amides is 1. The van der Waals surface area contributed by atoms with Crippen LogP contribution in [-0.2, 0) is 30.6 Å². The van der Waals surface area contributed by atoms with Gasteiger partial charge in [0, 0.05) is 36.1 Å². The van der Waals surface area contributed by atoms with Gasteiger partial charge in [0.05, 0.1) is 23.4 Å². The van der Waals surface area contributed by atoms with Gasteiger partial charge in [-0.25, -0.2) is 14.4 Å². The zero-order valence-electron chi connectivity index (χ0n) is 17.2. The fraction of sp³-hybridized carbons (Fsp3) is 0.333. The van der Waals surface area contributed by atoms with E-state index in [9.17, 15) is 13.6 Å². The van der Waals surface area contributed by atoms with Crippen LogP contribution in [0, 0.1) is 5.82 Å². The molecule has 2 N–H and O–H groups in total. The van der Waals surface area contributed by atoms with E-state index < -0.39 is 24.9 Å². The summed E-state index contributed by atoms with van der Waals surface area (Å²) in [6.45, 7) is -1.70. The van der Waals surface area contributed by atoms with Gasteiger partial charge in [-0.05, 0) is 42.5 Å². The van der Waals surface area contributed by atoms with Crippen molar-refractivity contribution in [1.29, 1.82) is 0 Å². The molecular weight excluding hydrogens is 463 g/mol. The van der Waals surface area contributed by atoms with Crippen LogP contribution in [0.2, 0.25) is 5.28 Å². The Bertz CT molecular complexity index is 1270. The second kappa shape index (κ2) is 8.31. The fourth-order valence-corrected chi connectivity index (χ4v) is 4.36. The first kappa shape index (κ1) is 21.7. The molecule has 3 aromatic rings. The van der Waals surface area contributed by atoms with Crippen LogP contribution in [-0.4, -0.2) is 38.5 Å². The zero-order chi connectivity index (χ0) is 23.3. The normalized spacial score (nSPS) is 16.8. The molecule has 33 heavy (non-hydrogen) atoms. The number of carbonyl (C=O) groups excluding carboxylic acids is 1. The summed E-state index contributed by atoms with van der Waals surface area (Å²) in [4.78, 5) is 27.4. The van der Waals surface area contributed by atoms with Crippen molar-refractivity contribution in [2.24, 2.45) is 0 Å². The molecule has 0 saturated carbocycles. The van der Waals surface area contributed by atoms with Gasteiger partial charge in [0.1, 0.15) is 0 Å². The van der Waals surface area contributed by atoms with Gasteiger partial charge in [0.25, 0.3) is 11.8 Å². The lowest BCUT2D eigenvalue weighted by molar-refractivity contribution is -0.137. The minimum atomic E-state index is -3.02. The molecule has 1 amide bonds. The zero-order valence-corrected chi connectivity index (χ0v) is 18.0. The van der Waals surface area contributed by atoms with Crippen molar-refractivity contribution in [3.05, 3.63) is 51.4 Å². The molecule has 0 radical (unpaired) electrons. The average molecular weight is 480 g/mol. The van der Waals surface area contributed by atoms with Gasteiger partial charge < -0.3 is 19.8 Å². The number of nitrogens with one attached hydrogen (secondary N) is 2. The van der Waals surface area contributed by atoms with Crippen LogP contribution in [0.5, 0.6) is 11.8 Å². The van der Waals surface area contributed by atoms with Gasteiger partial charge in [-0.1, -0.05) is 0 Å². The Morgan fingerprint density at radius 1 is 1.21 bits per heavy atom. The summed E-state index contributed by atoms with van der Waals surface area (Å²) in [5.41, 5.74) is 3.52. The first-order valence-corrected chi connectivity index (χ1v) is 10.5. The van der Waals surface area contributed by atoms with Gasteiger partial charge in [0.15, 0.2) is 5.82 Å². The summed E-state index contributed by atoms with van der Waals surface area (Å²) in [5.74, 6) is -1.62. The van der Waals surface area contributed by atoms with Crippen LogP contribution in [0.15, 0.2) is 12.4 Å². The molecule has 0 spiro atoms. The summed E-state index contributed by atoms with van der Waals surface area (Å²) in [7, 11) is 0. The van der Waals surface area contributed by atoms with E-state index in [1.807, 2.05) is 6.92 Å². The lowest BCUT2D eigenvalue weighted by Crippen LogP contribution is -2.39. The van der Waals surface area contributed by atoms with E-state index in [1.54, 1.807) is 0 Å². The second-order valence-corrected chi connectivity index (χ2v) is 8.17. The van der Waals surface area contributed by atoms with Crippen molar-refractivity contribution >= 4 is 17.5 Å². The third kappa shape index (κ3) is 3.91. The van der Waals surface area contributed by atoms with E-state index in [-0.39, 0.29) is 34.2 Å². The number of alkyl halides is 2. The Kier molecular flexibility index (Phi) is 5.45. The first-order valence-electron chi connectivity index (χ1n) is 10.1. The standard InChI is InChI=1S/C21H17ClF3N5O3/c1-8-4-12-14(17(31)28-8)11-3-2-9-5-26-19(15(23)13(9)16(11)29-12)33-18-10(7-32-21(24)25)6-27-20(22)30-18/h5-6,8,21,29H,2-4,7H2,1H3,(H,28,31). The molecule has 3 aromatic heterocycles. The molecule has 172 valence electrons. The van der Waals surface area contributed by atoms with E-state index in [0.717, 1.165) is 17.5 Å². The van der Waals surface area contributed by atoms with Gasteiger partial charge in [-0.15, -0.1) is 0 Å². The van der Waals surface area contributed by atoms with Crippen molar-refractivity contribution in [3.63, 3.8) is 0 Å². The highest BCUT2D eigenvalue weighted by molar-refractivity contribution is 6.28. The number of ether oxygens (including phenoxy) is 2. The molecule has 1 atom stereocenters. The van der Waals surface area contributed by atoms with Crippen molar-refractivity contribution in [1.82, 2.24) is 25.3 Å². The van der Waals surface area contributed by atoms with Crippen LogP contribution >= 0.6 is 11.6 Å². The lowest BCUT2D eigenvalue weighted by atomic mass is 9.88. The number of H-pyrrole nitrogens is 1. The number of aromatic amines is 1. The molecule has 5 rings (SSSR count). The number of hydrogen-bond acceptors (Lipinski definition) is 6. The summed E-state index contributed by atoms with van der Waals surface area (Å²) in [6.07, 6.45) is 4.30. The molecular formula is C21H17ClF3N5O3. The molecule has 8 nitrogen and oxygen atoms in total. The molecule has 4 heterocycles.